The Morgan fingerprint density at radius 1 is 1.41 bits per heavy atom. The quantitative estimate of drug-likeness (QED) is 0.850. The number of hydrogen-bond donors (Lipinski definition) is 1. The van der Waals surface area contributed by atoms with Crippen molar-refractivity contribution < 1.29 is 0 Å². The van der Waals surface area contributed by atoms with Gasteiger partial charge in [-0.15, -0.1) is 0 Å². The standard InChI is InChI=1S/C13H24N4/c1-3-12(14)13-8-15-10-17(13)11(2)9-16-6-4-5-7-16/h8,10-12H,3-7,9,14H2,1-2H3/t11?,12-/m1/s1. The van der Waals surface area contributed by atoms with E-state index in [9.17, 15) is 0 Å². The summed E-state index contributed by atoms with van der Waals surface area (Å²) in [6, 6.07) is 0.571. The van der Waals surface area contributed by atoms with Crippen molar-refractivity contribution in [1.82, 2.24) is 14.5 Å². The summed E-state index contributed by atoms with van der Waals surface area (Å²) in [5, 5.41) is 0. The largest absolute Gasteiger partial charge is 0.329 e. The van der Waals surface area contributed by atoms with Gasteiger partial charge in [0, 0.05) is 24.8 Å². The van der Waals surface area contributed by atoms with E-state index in [4.69, 9.17) is 5.73 Å². The van der Waals surface area contributed by atoms with E-state index in [1.165, 1.54) is 31.6 Å². The number of aromatic nitrogens is 2. The van der Waals surface area contributed by atoms with Crippen molar-refractivity contribution in [3.63, 3.8) is 0 Å². The predicted molar refractivity (Wildman–Crippen MR) is 69.8 cm³/mol. The topological polar surface area (TPSA) is 47.1 Å². The molecular formula is C13H24N4. The van der Waals surface area contributed by atoms with E-state index >= 15 is 0 Å². The maximum atomic E-state index is 6.11. The predicted octanol–water partition coefficient (Wildman–Crippen LogP) is 1.95. The van der Waals surface area contributed by atoms with E-state index in [1.54, 1.807) is 0 Å². The number of rotatable bonds is 5. The fourth-order valence-electron chi connectivity index (χ4n) is 2.61. The van der Waals surface area contributed by atoms with Crippen LogP contribution in [0.15, 0.2) is 12.5 Å². The van der Waals surface area contributed by atoms with E-state index in [0.29, 0.717) is 6.04 Å². The van der Waals surface area contributed by atoms with Crippen LogP contribution in [0.2, 0.25) is 0 Å². The van der Waals surface area contributed by atoms with Gasteiger partial charge < -0.3 is 15.2 Å². The molecule has 1 fully saturated rings. The molecule has 17 heavy (non-hydrogen) atoms. The summed E-state index contributed by atoms with van der Waals surface area (Å²) in [6.45, 7) is 7.97. The highest BCUT2D eigenvalue weighted by molar-refractivity contribution is 5.05. The highest BCUT2D eigenvalue weighted by Gasteiger charge is 2.18. The molecule has 1 unspecified atom stereocenters. The average molecular weight is 236 g/mol. The summed E-state index contributed by atoms with van der Waals surface area (Å²) in [5.41, 5.74) is 7.28. The molecule has 2 heterocycles. The molecule has 0 amide bonds. The van der Waals surface area contributed by atoms with Gasteiger partial charge in [-0.1, -0.05) is 6.92 Å². The van der Waals surface area contributed by atoms with E-state index in [2.05, 4.69) is 28.3 Å². The molecule has 1 aliphatic heterocycles. The van der Waals surface area contributed by atoms with Crippen LogP contribution in [-0.4, -0.2) is 34.1 Å². The molecule has 4 nitrogen and oxygen atoms in total. The van der Waals surface area contributed by atoms with Crippen molar-refractivity contribution in [2.45, 2.75) is 45.2 Å². The second-order valence-electron chi connectivity index (χ2n) is 5.10. The van der Waals surface area contributed by atoms with Gasteiger partial charge in [-0.25, -0.2) is 4.98 Å². The van der Waals surface area contributed by atoms with Crippen molar-refractivity contribution in [2.75, 3.05) is 19.6 Å². The Bertz CT molecular complexity index is 341. The molecule has 2 rings (SSSR count). The molecule has 96 valence electrons. The fraction of sp³-hybridized carbons (Fsp3) is 0.769. The van der Waals surface area contributed by atoms with Crippen LogP contribution in [0.3, 0.4) is 0 Å². The second-order valence-corrected chi connectivity index (χ2v) is 5.10. The molecule has 2 atom stereocenters. The Morgan fingerprint density at radius 2 is 2.12 bits per heavy atom. The lowest BCUT2D eigenvalue weighted by molar-refractivity contribution is 0.283. The minimum atomic E-state index is 0.110. The van der Waals surface area contributed by atoms with Gasteiger partial charge >= 0.3 is 0 Å². The monoisotopic (exact) mass is 236 g/mol. The number of nitrogens with two attached hydrogens (primary N) is 1. The third-order valence-electron chi connectivity index (χ3n) is 3.71. The Hall–Kier alpha value is -0.870. The average Bonchev–Trinajstić information content (AvgIpc) is 2.97. The van der Waals surface area contributed by atoms with Crippen LogP contribution < -0.4 is 5.73 Å². The lowest BCUT2D eigenvalue weighted by Crippen LogP contribution is -2.28. The smallest absolute Gasteiger partial charge is 0.0951 e. The van der Waals surface area contributed by atoms with Crippen LogP contribution in [0.25, 0.3) is 0 Å². The van der Waals surface area contributed by atoms with Crippen LogP contribution in [-0.2, 0) is 0 Å². The molecule has 0 aromatic carbocycles. The zero-order valence-corrected chi connectivity index (χ0v) is 11.0. The van der Waals surface area contributed by atoms with Crippen LogP contribution in [0.1, 0.15) is 50.9 Å². The van der Waals surface area contributed by atoms with Gasteiger partial charge in [-0.05, 0) is 39.3 Å². The van der Waals surface area contributed by atoms with Crippen LogP contribution in [0, 0.1) is 0 Å². The normalized spacial score (nSPS) is 20.6. The van der Waals surface area contributed by atoms with Crippen molar-refractivity contribution in [2.24, 2.45) is 5.73 Å². The maximum absolute atomic E-state index is 6.11. The summed E-state index contributed by atoms with van der Waals surface area (Å²) < 4.78 is 2.24. The molecule has 0 radical (unpaired) electrons. The Balaban J connectivity index is 2.02. The number of hydrogen-bond acceptors (Lipinski definition) is 3. The zero-order chi connectivity index (χ0) is 12.3. The molecular weight excluding hydrogens is 212 g/mol. The molecule has 0 saturated carbocycles. The Labute approximate surface area is 104 Å². The lowest BCUT2D eigenvalue weighted by Gasteiger charge is -2.24. The zero-order valence-electron chi connectivity index (χ0n) is 11.0. The fourth-order valence-corrected chi connectivity index (χ4v) is 2.61. The Kier molecular flexibility index (Phi) is 4.18. The van der Waals surface area contributed by atoms with Crippen LogP contribution >= 0.6 is 0 Å². The first-order valence-electron chi connectivity index (χ1n) is 6.72. The number of likely N-dealkylation sites (tertiary alicyclic amines) is 1. The minimum absolute atomic E-state index is 0.110. The lowest BCUT2D eigenvalue weighted by atomic mass is 10.1. The first-order valence-corrected chi connectivity index (χ1v) is 6.72. The van der Waals surface area contributed by atoms with Crippen molar-refractivity contribution in [3.05, 3.63) is 18.2 Å². The van der Waals surface area contributed by atoms with Gasteiger partial charge in [-0.3, -0.25) is 0 Å². The molecule has 1 aliphatic rings. The van der Waals surface area contributed by atoms with Gasteiger partial charge in [0.25, 0.3) is 0 Å². The molecule has 1 aromatic heterocycles. The maximum Gasteiger partial charge on any atom is 0.0951 e. The third-order valence-corrected chi connectivity index (χ3v) is 3.71. The number of nitrogens with zero attached hydrogens (tertiary/aromatic N) is 3. The first kappa shape index (κ1) is 12.6. The van der Waals surface area contributed by atoms with Crippen molar-refractivity contribution in [1.29, 1.82) is 0 Å². The molecule has 0 aliphatic carbocycles. The SMILES string of the molecule is CC[C@@H](N)c1cncn1C(C)CN1CCCC1. The molecule has 1 saturated heterocycles. The molecule has 1 aromatic rings. The molecule has 0 bridgehead atoms. The van der Waals surface area contributed by atoms with E-state index in [0.717, 1.165) is 13.0 Å². The van der Waals surface area contributed by atoms with E-state index in [-0.39, 0.29) is 6.04 Å². The van der Waals surface area contributed by atoms with Gasteiger partial charge in [0.2, 0.25) is 0 Å². The summed E-state index contributed by atoms with van der Waals surface area (Å²) in [4.78, 5) is 6.78. The molecule has 0 spiro atoms. The molecule has 2 N–H and O–H groups in total. The third kappa shape index (κ3) is 2.87. The van der Waals surface area contributed by atoms with E-state index < -0.39 is 0 Å². The second kappa shape index (κ2) is 5.65. The summed E-state index contributed by atoms with van der Waals surface area (Å²) in [5.74, 6) is 0. The van der Waals surface area contributed by atoms with Crippen LogP contribution in [0.4, 0.5) is 0 Å². The Morgan fingerprint density at radius 3 is 2.76 bits per heavy atom. The summed E-state index contributed by atoms with van der Waals surface area (Å²) in [7, 11) is 0. The van der Waals surface area contributed by atoms with Crippen LogP contribution in [0.5, 0.6) is 0 Å². The summed E-state index contributed by atoms with van der Waals surface area (Å²) >= 11 is 0. The van der Waals surface area contributed by atoms with Gasteiger partial charge in [-0.2, -0.15) is 0 Å². The first-order chi connectivity index (χ1) is 8.22. The highest BCUT2D eigenvalue weighted by atomic mass is 15.2. The van der Waals surface area contributed by atoms with Gasteiger partial charge in [0.1, 0.15) is 0 Å². The number of imidazole rings is 1. The molecule has 4 heteroatoms. The van der Waals surface area contributed by atoms with E-state index in [1.807, 2.05) is 12.5 Å². The summed E-state index contributed by atoms with van der Waals surface area (Å²) in [6.07, 6.45) is 7.48. The minimum Gasteiger partial charge on any atom is -0.329 e. The van der Waals surface area contributed by atoms with Crippen molar-refractivity contribution >= 4 is 0 Å². The van der Waals surface area contributed by atoms with Gasteiger partial charge in [0.05, 0.1) is 12.0 Å². The van der Waals surface area contributed by atoms with Gasteiger partial charge in [0.15, 0.2) is 0 Å². The highest BCUT2D eigenvalue weighted by Crippen LogP contribution is 2.20. The van der Waals surface area contributed by atoms with Crippen molar-refractivity contribution in [3.8, 4) is 0 Å².